The van der Waals surface area contributed by atoms with Gasteiger partial charge in [0.25, 0.3) is 0 Å². The van der Waals surface area contributed by atoms with E-state index < -0.39 is 5.82 Å². The summed E-state index contributed by atoms with van der Waals surface area (Å²) in [5.41, 5.74) is 1.25. The van der Waals surface area contributed by atoms with Crippen LogP contribution in [0, 0.1) is 5.82 Å². The SMILES string of the molecule is CC(NC(=O)C=Cc1ccc(Br)cc1F)c1ccc2c(c1)OCO2. The van der Waals surface area contributed by atoms with Crippen molar-refractivity contribution < 1.29 is 18.7 Å². The molecule has 3 rings (SSSR count). The number of fused-ring (bicyclic) bond motifs is 1. The Morgan fingerprint density at radius 3 is 2.83 bits per heavy atom. The first kappa shape index (κ1) is 16.5. The molecule has 4 nitrogen and oxygen atoms in total. The lowest BCUT2D eigenvalue weighted by Gasteiger charge is -2.13. The van der Waals surface area contributed by atoms with Crippen LogP contribution in [0.1, 0.15) is 24.1 Å². The first-order valence-corrected chi connectivity index (χ1v) is 8.15. The molecule has 24 heavy (non-hydrogen) atoms. The minimum absolute atomic E-state index is 0.209. The van der Waals surface area contributed by atoms with E-state index in [0.717, 1.165) is 5.56 Å². The molecular formula is C18H15BrFNO3. The Morgan fingerprint density at radius 1 is 1.25 bits per heavy atom. The second-order valence-corrected chi connectivity index (χ2v) is 6.26. The van der Waals surface area contributed by atoms with Gasteiger partial charge in [-0.15, -0.1) is 0 Å². The van der Waals surface area contributed by atoms with Gasteiger partial charge >= 0.3 is 0 Å². The molecule has 0 bridgehead atoms. The number of carbonyl (C=O) groups excluding carboxylic acids is 1. The molecule has 1 heterocycles. The molecule has 0 aliphatic carbocycles. The third kappa shape index (κ3) is 3.76. The molecule has 0 fully saturated rings. The fraction of sp³-hybridized carbons (Fsp3) is 0.167. The standard InChI is InChI=1S/C18H15BrFNO3/c1-11(13-3-6-16-17(8-13)24-10-23-16)21-18(22)7-4-12-2-5-14(19)9-15(12)20/h2-9,11H,10H2,1H3,(H,21,22). The first-order chi connectivity index (χ1) is 11.5. The zero-order chi connectivity index (χ0) is 17.1. The number of ether oxygens (including phenoxy) is 2. The summed E-state index contributed by atoms with van der Waals surface area (Å²) in [6, 6.07) is 9.98. The summed E-state index contributed by atoms with van der Waals surface area (Å²) < 4.78 is 25.0. The number of amides is 1. The van der Waals surface area contributed by atoms with Crippen molar-refractivity contribution in [3.8, 4) is 11.5 Å². The van der Waals surface area contributed by atoms with Gasteiger partial charge in [-0.1, -0.05) is 28.1 Å². The van der Waals surface area contributed by atoms with Gasteiger partial charge in [0, 0.05) is 16.1 Å². The quantitative estimate of drug-likeness (QED) is 0.794. The molecular weight excluding hydrogens is 377 g/mol. The van der Waals surface area contributed by atoms with Crippen LogP contribution in [-0.2, 0) is 4.79 Å². The monoisotopic (exact) mass is 391 g/mol. The van der Waals surface area contributed by atoms with E-state index in [0.29, 0.717) is 21.5 Å². The lowest BCUT2D eigenvalue weighted by Crippen LogP contribution is -2.24. The summed E-state index contributed by atoms with van der Waals surface area (Å²) in [5, 5.41) is 2.83. The van der Waals surface area contributed by atoms with Crippen LogP contribution >= 0.6 is 15.9 Å². The number of benzene rings is 2. The zero-order valence-electron chi connectivity index (χ0n) is 12.9. The van der Waals surface area contributed by atoms with Gasteiger partial charge in [0.05, 0.1) is 6.04 Å². The smallest absolute Gasteiger partial charge is 0.244 e. The van der Waals surface area contributed by atoms with Crippen molar-refractivity contribution in [3.05, 3.63) is 63.9 Å². The third-order valence-corrected chi connectivity index (χ3v) is 4.13. The highest BCUT2D eigenvalue weighted by molar-refractivity contribution is 9.10. The largest absolute Gasteiger partial charge is 0.454 e. The van der Waals surface area contributed by atoms with Crippen molar-refractivity contribution in [3.63, 3.8) is 0 Å². The summed E-state index contributed by atoms with van der Waals surface area (Å²) >= 11 is 3.19. The van der Waals surface area contributed by atoms with Crippen LogP contribution in [0.5, 0.6) is 11.5 Å². The summed E-state index contributed by atoms with van der Waals surface area (Å²) in [6.45, 7) is 2.07. The van der Waals surface area contributed by atoms with E-state index >= 15 is 0 Å². The maximum atomic E-state index is 13.7. The Kier molecular flexibility index (Phi) is 4.85. The summed E-state index contributed by atoms with van der Waals surface area (Å²) in [4.78, 5) is 12.0. The van der Waals surface area contributed by atoms with E-state index in [1.54, 1.807) is 12.1 Å². The van der Waals surface area contributed by atoms with Crippen molar-refractivity contribution in [2.75, 3.05) is 6.79 Å². The molecule has 0 aromatic heterocycles. The van der Waals surface area contributed by atoms with Gasteiger partial charge in [0.15, 0.2) is 11.5 Å². The molecule has 1 aliphatic heterocycles. The molecule has 0 saturated carbocycles. The molecule has 1 N–H and O–H groups in total. The van der Waals surface area contributed by atoms with Crippen LogP contribution in [0.3, 0.4) is 0 Å². The highest BCUT2D eigenvalue weighted by atomic mass is 79.9. The average Bonchev–Trinajstić information content (AvgIpc) is 3.01. The molecule has 124 valence electrons. The van der Waals surface area contributed by atoms with Crippen LogP contribution < -0.4 is 14.8 Å². The fourth-order valence-electron chi connectivity index (χ4n) is 2.33. The lowest BCUT2D eigenvalue weighted by atomic mass is 10.1. The maximum absolute atomic E-state index is 13.7. The van der Waals surface area contributed by atoms with E-state index in [-0.39, 0.29) is 18.7 Å². The summed E-state index contributed by atoms with van der Waals surface area (Å²) in [6.07, 6.45) is 2.76. The van der Waals surface area contributed by atoms with Crippen LogP contribution in [0.15, 0.2) is 46.9 Å². The normalized spacial score (nSPS) is 14.0. The van der Waals surface area contributed by atoms with E-state index in [2.05, 4.69) is 21.2 Å². The topological polar surface area (TPSA) is 47.6 Å². The van der Waals surface area contributed by atoms with E-state index in [9.17, 15) is 9.18 Å². The van der Waals surface area contributed by atoms with Crippen molar-refractivity contribution >= 4 is 27.9 Å². The molecule has 1 aliphatic rings. The Labute approximate surface area is 147 Å². The Hall–Kier alpha value is -2.34. The van der Waals surface area contributed by atoms with Gasteiger partial charge < -0.3 is 14.8 Å². The van der Waals surface area contributed by atoms with Crippen LogP contribution in [0.25, 0.3) is 6.08 Å². The number of hydrogen-bond acceptors (Lipinski definition) is 3. The minimum atomic E-state index is -0.391. The van der Waals surface area contributed by atoms with Crippen LogP contribution in [0.2, 0.25) is 0 Å². The summed E-state index contributed by atoms with van der Waals surface area (Å²) in [7, 11) is 0. The predicted molar refractivity (Wildman–Crippen MR) is 92.3 cm³/mol. The maximum Gasteiger partial charge on any atom is 0.244 e. The molecule has 0 spiro atoms. The number of carbonyl (C=O) groups is 1. The minimum Gasteiger partial charge on any atom is -0.454 e. The van der Waals surface area contributed by atoms with Crippen molar-refractivity contribution in [1.29, 1.82) is 0 Å². The van der Waals surface area contributed by atoms with Gasteiger partial charge in [0.1, 0.15) is 5.82 Å². The molecule has 1 amide bonds. The Morgan fingerprint density at radius 2 is 2.04 bits per heavy atom. The van der Waals surface area contributed by atoms with Gasteiger partial charge in [-0.2, -0.15) is 0 Å². The second kappa shape index (κ2) is 7.05. The van der Waals surface area contributed by atoms with Crippen molar-refractivity contribution in [1.82, 2.24) is 5.32 Å². The summed E-state index contributed by atoms with van der Waals surface area (Å²) in [5.74, 6) is 0.670. The van der Waals surface area contributed by atoms with Gasteiger partial charge in [-0.05, 0) is 42.8 Å². The first-order valence-electron chi connectivity index (χ1n) is 7.36. The second-order valence-electron chi connectivity index (χ2n) is 5.34. The fourth-order valence-corrected chi connectivity index (χ4v) is 2.66. The predicted octanol–water partition coefficient (Wildman–Crippen LogP) is 4.21. The number of nitrogens with one attached hydrogen (secondary N) is 1. The van der Waals surface area contributed by atoms with Crippen LogP contribution in [0.4, 0.5) is 4.39 Å². The Balaban J connectivity index is 1.64. The molecule has 0 saturated heterocycles. The third-order valence-electron chi connectivity index (χ3n) is 3.63. The highest BCUT2D eigenvalue weighted by Gasteiger charge is 2.16. The molecule has 2 aromatic rings. The van der Waals surface area contributed by atoms with Gasteiger partial charge in [0.2, 0.25) is 12.7 Å². The number of halogens is 2. The molecule has 2 aromatic carbocycles. The van der Waals surface area contributed by atoms with Crippen molar-refractivity contribution in [2.24, 2.45) is 0 Å². The highest BCUT2D eigenvalue weighted by Crippen LogP contribution is 2.34. The number of hydrogen-bond donors (Lipinski definition) is 1. The van der Waals surface area contributed by atoms with Crippen LogP contribution in [-0.4, -0.2) is 12.7 Å². The molecule has 1 atom stereocenters. The molecule has 1 unspecified atom stereocenters. The van der Waals surface area contributed by atoms with Gasteiger partial charge in [-0.3, -0.25) is 4.79 Å². The molecule has 0 radical (unpaired) electrons. The zero-order valence-corrected chi connectivity index (χ0v) is 14.5. The van der Waals surface area contributed by atoms with E-state index in [1.807, 2.05) is 25.1 Å². The average molecular weight is 392 g/mol. The van der Waals surface area contributed by atoms with Crippen molar-refractivity contribution in [2.45, 2.75) is 13.0 Å². The van der Waals surface area contributed by atoms with E-state index in [1.165, 1.54) is 18.2 Å². The number of rotatable bonds is 4. The Bertz CT molecular complexity index is 807. The molecule has 6 heteroatoms. The van der Waals surface area contributed by atoms with Gasteiger partial charge in [-0.25, -0.2) is 4.39 Å². The lowest BCUT2D eigenvalue weighted by molar-refractivity contribution is -0.117. The van der Waals surface area contributed by atoms with E-state index in [4.69, 9.17) is 9.47 Å².